The van der Waals surface area contributed by atoms with E-state index in [4.69, 9.17) is 5.26 Å². The van der Waals surface area contributed by atoms with E-state index >= 15 is 0 Å². The molecule has 4 heteroatoms. The van der Waals surface area contributed by atoms with E-state index in [-0.39, 0.29) is 11.9 Å². The Kier molecular flexibility index (Phi) is 6.20. The van der Waals surface area contributed by atoms with Crippen molar-refractivity contribution in [2.75, 3.05) is 18.9 Å². The van der Waals surface area contributed by atoms with Crippen LogP contribution in [0.5, 0.6) is 0 Å². The average molecular weight is 273 g/mol. The number of para-hydroxylation sites is 1. The Morgan fingerprint density at radius 1 is 1.35 bits per heavy atom. The molecule has 1 aromatic rings. The molecule has 0 aliphatic rings. The highest BCUT2D eigenvalue weighted by molar-refractivity contribution is 5.95. The summed E-state index contributed by atoms with van der Waals surface area (Å²) in [6.07, 6.45) is 1.06. The Balaban J connectivity index is 2.64. The lowest BCUT2D eigenvalue weighted by Crippen LogP contribution is -2.40. The summed E-state index contributed by atoms with van der Waals surface area (Å²) in [5.74, 6) is 0.533. The Morgan fingerprint density at radius 2 is 2.00 bits per heavy atom. The zero-order valence-corrected chi connectivity index (χ0v) is 12.7. The van der Waals surface area contributed by atoms with Gasteiger partial charge in [0.05, 0.1) is 17.3 Å². The van der Waals surface area contributed by atoms with Crippen LogP contribution in [0.2, 0.25) is 0 Å². The number of nitrogens with zero attached hydrogens (tertiary/aromatic N) is 2. The fourth-order valence-electron chi connectivity index (χ4n) is 1.78. The second-order valence-corrected chi connectivity index (χ2v) is 5.49. The Hall–Kier alpha value is -1.86. The molecule has 4 nitrogen and oxygen atoms in total. The van der Waals surface area contributed by atoms with Gasteiger partial charge in [-0.3, -0.25) is 9.69 Å². The minimum atomic E-state index is -0.222. The van der Waals surface area contributed by atoms with E-state index < -0.39 is 0 Å². The van der Waals surface area contributed by atoms with Gasteiger partial charge in [-0.05, 0) is 45.0 Å². The molecule has 0 saturated heterocycles. The van der Waals surface area contributed by atoms with Crippen molar-refractivity contribution in [3.8, 4) is 6.07 Å². The number of hydrogen-bond acceptors (Lipinski definition) is 3. The monoisotopic (exact) mass is 273 g/mol. The van der Waals surface area contributed by atoms with Gasteiger partial charge in [-0.25, -0.2) is 0 Å². The molecule has 0 heterocycles. The summed E-state index contributed by atoms with van der Waals surface area (Å²) in [5, 5.41) is 11.8. The number of rotatable bonds is 6. The van der Waals surface area contributed by atoms with Crippen molar-refractivity contribution in [3.05, 3.63) is 29.8 Å². The lowest BCUT2D eigenvalue weighted by molar-refractivity contribution is -0.120. The maximum Gasteiger partial charge on any atom is 0.241 e. The third-order valence-corrected chi connectivity index (χ3v) is 3.41. The molecule has 1 N–H and O–H groups in total. The quantitative estimate of drug-likeness (QED) is 0.867. The molecule has 0 bridgehead atoms. The number of benzene rings is 1. The van der Waals surface area contributed by atoms with Crippen LogP contribution < -0.4 is 5.32 Å². The third kappa shape index (κ3) is 4.67. The highest BCUT2D eigenvalue weighted by Crippen LogP contribution is 2.14. The predicted molar refractivity (Wildman–Crippen MR) is 81.3 cm³/mol. The van der Waals surface area contributed by atoms with Gasteiger partial charge in [0.15, 0.2) is 0 Å². The van der Waals surface area contributed by atoms with Gasteiger partial charge in [-0.1, -0.05) is 26.0 Å². The maximum absolute atomic E-state index is 12.2. The Bertz CT molecular complexity index is 491. The molecule has 0 saturated carbocycles. The number of carbonyl (C=O) groups excluding carboxylic acids is 1. The van der Waals surface area contributed by atoms with Crippen molar-refractivity contribution in [2.24, 2.45) is 5.92 Å². The topological polar surface area (TPSA) is 56.1 Å². The minimum absolute atomic E-state index is 0.0843. The van der Waals surface area contributed by atoms with Gasteiger partial charge in [-0.2, -0.15) is 5.26 Å². The molecule has 0 radical (unpaired) electrons. The number of amides is 1. The Morgan fingerprint density at radius 3 is 2.60 bits per heavy atom. The van der Waals surface area contributed by atoms with E-state index in [0.29, 0.717) is 17.2 Å². The number of anilines is 1. The van der Waals surface area contributed by atoms with E-state index in [9.17, 15) is 4.79 Å². The van der Waals surface area contributed by atoms with Crippen molar-refractivity contribution >= 4 is 11.6 Å². The van der Waals surface area contributed by atoms with E-state index in [1.54, 1.807) is 18.2 Å². The van der Waals surface area contributed by atoms with Crippen LogP contribution in [0.1, 0.15) is 32.8 Å². The number of likely N-dealkylation sites (N-methyl/N-ethyl adjacent to an activating group) is 1. The fourth-order valence-corrected chi connectivity index (χ4v) is 1.78. The zero-order valence-electron chi connectivity index (χ0n) is 12.7. The second kappa shape index (κ2) is 7.66. The summed E-state index contributed by atoms with van der Waals surface area (Å²) in [7, 11) is 1.95. The number of carbonyl (C=O) groups is 1. The van der Waals surface area contributed by atoms with Gasteiger partial charge in [-0.15, -0.1) is 0 Å². The highest BCUT2D eigenvalue weighted by Gasteiger charge is 2.18. The predicted octanol–water partition coefficient (Wildman–Crippen LogP) is 2.86. The van der Waals surface area contributed by atoms with Crippen LogP contribution in [0.3, 0.4) is 0 Å². The number of hydrogen-bond donors (Lipinski definition) is 1. The lowest BCUT2D eigenvalue weighted by Gasteiger charge is -2.24. The molecule has 0 fully saturated rings. The highest BCUT2D eigenvalue weighted by atomic mass is 16.2. The van der Waals surface area contributed by atoms with Crippen molar-refractivity contribution < 1.29 is 4.79 Å². The zero-order chi connectivity index (χ0) is 15.1. The van der Waals surface area contributed by atoms with E-state index in [1.807, 2.05) is 24.9 Å². The van der Waals surface area contributed by atoms with Crippen LogP contribution in [0.4, 0.5) is 5.69 Å². The van der Waals surface area contributed by atoms with Gasteiger partial charge in [0.1, 0.15) is 6.07 Å². The average Bonchev–Trinajstić information content (AvgIpc) is 2.44. The summed E-state index contributed by atoms with van der Waals surface area (Å²) in [4.78, 5) is 14.2. The normalized spacial score (nSPS) is 12.2. The Labute approximate surface area is 121 Å². The summed E-state index contributed by atoms with van der Waals surface area (Å²) >= 11 is 0. The molecule has 20 heavy (non-hydrogen) atoms. The van der Waals surface area contributed by atoms with Gasteiger partial charge in [0, 0.05) is 0 Å². The third-order valence-electron chi connectivity index (χ3n) is 3.41. The molecule has 1 atom stereocenters. The van der Waals surface area contributed by atoms with Crippen LogP contribution in [0, 0.1) is 17.2 Å². The molecule has 1 rings (SSSR count). The van der Waals surface area contributed by atoms with E-state index in [2.05, 4.69) is 25.2 Å². The van der Waals surface area contributed by atoms with Gasteiger partial charge in [0.2, 0.25) is 5.91 Å². The number of nitrogens with one attached hydrogen (secondary N) is 1. The van der Waals surface area contributed by atoms with Gasteiger partial charge >= 0.3 is 0 Å². The summed E-state index contributed by atoms with van der Waals surface area (Å²) < 4.78 is 0. The first-order valence-electron chi connectivity index (χ1n) is 6.96. The fraction of sp³-hybridized carbons (Fsp3) is 0.500. The smallest absolute Gasteiger partial charge is 0.241 e. The first kappa shape index (κ1) is 16.2. The molecule has 1 unspecified atom stereocenters. The molecular weight excluding hydrogens is 250 g/mol. The molecule has 0 aliphatic heterocycles. The first-order chi connectivity index (χ1) is 9.45. The van der Waals surface area contributed by atoms with Crippen molar-refractivity contribution in [3.63, 3.8) is 0 Å². The van der Waals surface area contributed by atoms with Crippen LogP contribution in [0.15, 0.2) is 24.3 Å². The number of nitriles is 1. The van der Waals surface area contributed by atoms with Gasteiger partial charge in [0.25, 0.3) is 0 Å². The van der Waals surface area contributed by atoms with Gasteiger partial charge < -0.3 is 5.32 Å². The summed E-state index contributed by atoms with van der Waals surface area (Å²) in [5.41, 5.74) is 1.06. The SMILES string of the molecule is CC(C)CCN(C)C(C)C(=O)Nc1ccccc1C#N. The summed E-state index contributed by atoms with van der Waals surface area (Å²) in [6, 6.07) is 8.90. The van der Waals surface area contributed by atoms with Crippen LogP contribution in [-0.2, 0) is 4.79 Å². The minimum Gasteiger partial charge on any atom is -0.324 e. The molecule has 0 aliphatic carbocycles. The largest absolute Gasteiger partial charge is 0.324 e. The standard InChI is InChI=1S/C16H23N3O/c1-12(2)9-10-19(4)13(3)16(20)18-15-8-6-5-7-14(15)11-17/h5-8,12-13H,9-10H2,1-4H3,(H,18,20). The van der Waals surface area contributed by atoms with E-state index in [0.717, 1.165) is 13.0 Å². The van der Waals surface area contributed by atoms with Crippen molar-refractivity contribution in [2.45, 2.75) is 33.2 Å². The summed E-state index contributed by atoms with van der Waals surface area (Å²) in [6.45, 7) is 7.10. The lowest BCUT2D eigenvalue weighted by atomic mass is 10.1. The maximum atomic E-state index is 12.2. The van der Waals surface area contributed by atoms with E-state index in [1.165, 1.54) is 0 Å². The molecule has 0 aromatic heterocycles. The van der Waals surface area contributed by atoms with Crippen molar-refractivity contribution in [1.29, 1.82) is 5.26 Å². The molecule has 108 valence electrons. The molecular formula is C16H23N3O. The molecule has 1 amide bonds. The van der Waals surface area contributed by atoms with Crippen LogP contribution in [0.25, 0.3) is 0 Å². The van der Waals surface area contributed by atoms with Crippen molar-refractivity contribution in [1.82, 2.24) is 4.90 Å². The first-order valence-corrected chi connectivity index (χ1v) is 6.96. The second-order valence-electron chi connectivity index (χ2n) is 5.49. The molecule has 1 aromatic carbocycles. The molecule has 0 spiro atoms. The van der Waals surface area contributed by atoms with Crippen LogP contribution in [-0.4, -0.2) is 30.4 Å². The van der Waals surface area contributed by atoms with Crippen LogP contribution >= 0.6 is 0 Å².